The van der Waals surface area contributed by atoms with Crippen LogP contribution in [-0.4, -0.2) is 36.1 Å². The fourth-order valence-corrected chi connectivity index (χ4v) is 2.62. The zero-order valence-corrected chi connectivity index (χ0v) is 12.0. The number of para-hydroxylation sites is 2. The summed E-state index contributed by atoms with van der Waals surface area (Å²) in [5, 5.41) is 3.57. The fraction of sp³-hybridized carbons (Fsp3) is 0.500. The number of hydrogen-bond acceptors (Lipinski definition) is 3. The van der Waals surface area contributed by atoms with Crippen LogP contribution in [0.5, 0.6) is 0 Å². The van der Waals surface area contributed by atoms with Crippen molar-refractivity contribution in [3.63, 3.8) is 0 Å². The summed E-state index contributed by atoms with van der Waals surface area (Å²) < 4.78 is 0. The summed E-state index contributed by atoms with van der Waals surface area (Å²) in [4.78, 5) is 10.2. The maximum absolute atomic E-state index is 4.62. The summed E-state index contributed by atoms with van der Waals surface area (Å²) in [6.07, 6.45) is 3.92. The molecule has 1 aromatic heterocycles. The topological polar surface area (TPSA) is 44.0 Å². The Bertz CT molecular complexity index is 486. The van der Waals surface area contributed by atoms with Crippen molar-refractivity contribution in [2.24, 2.45) is 0 Å². The van der Waals surface area contributed by atoms with Crippen LogP contribution in [0.15, 0.2) is 24.3 Å². The standard InChI is InChI=1S/C14H20N4.ClH/c1-18(10-11-6-4-5-9-15-11)14-16-12-7-2-3-8-13(12)17-14;/h2-3,7-8,11,15H,4-6,9-10H2,1H3,(H,16,17);1H. The lowest BCUT2D eigenvalue weighted by Crippen LogP contribution is -2.42. The van der Waals surface area contributed by atoms with Crippen LogP contribution in [0.4, 0.5) is 5.95 Å². The van der Waals surface area contributed by atoms with Crippen molar-refractivity contribution in [2.75, 3.05) is 25.0 Å². The van der Waals surface area contributed by atoms with Gasteiger partial charge in [-0.25, -0.2) is 4.98 Å². The number of aromatic nitrogens is 2. The van der Waals surface area contributed by atoms with Crippen LogP contribution in [-0.2, 0) is 0 Å². The highest BCUT2D eigenvalue weighted by Crippen LogP contribution is 2.17. The molecule has 0 spiro atoms. The van der Waals surface area contributed by atoms with E-state index >= 15 is 0 Å². The van der Waals surface area contributed by atoms with Gasteiger partial charge < -0.3 is 15.2 Å². The SMILES string of the molecule is CN(CC1CCCCN1)c1nc2ccccc2[nH]1.Cl. The lowest BCUT2D eigenvalue weighted by molar-refractivity contribution is 0.402. The minimum Gasteiger partial charge on any atom is -0.344 e. The number of piperidine rings is 1. The maximum atomic E-state index is 4.62. The number of rotatable bonds is 3. The van der Waals surface area contributed by atoms with Crippen molar-refractivity contribution in [3.05, 3.63) is 24.3 Å². The van der Waals surface area contributed by atoms with Crippen LogP contribution in [0.25, 0.3) is 11.0 Å². The molecule has 0 amide bonds. The van der Waals surface area contributed by atoms with E-state index in [-0.39, 0.29) is 12.4 Å². The minimum atomic E-state index is 0. The number of halogens is 1. The smallest absolute Gasteiger partial charge is 0.203 e. The number of H-pyrrole nitrogens is 1. The second-order valence-corrected chi connectivity index (χ2v) is 5.10. The number of fused-ring (bicyclic) bond motifs is 1. The quantitative estimate of drug-likeness (QED) is 0.908. The number of nitrogens with one attached hydrogen (secondary N) is 2. The van der Waals surface area contributed by atoms with Gasteiger partial charge in [-0.3, -0.25) is 0 Å². The predicted octanol–water partition coefficient (Wildman–Crippen LogP) is 2.56. The summed E-state index contributed by atoms with van der Waals surface area (Å²) in [6, 6.07) is 8.76. The van der Waals surface area contributed by atoms with E-state index in [1.165, 1.54) is 19.3 Å². The molecule has 1 aliphatic heterocycles. The van der Waals surface area contributed by atoms with Crippen molar-refractivity contribution in [1.29, 1.82) is 0 Å². The van der Waals surface area contributed by atoms with Gasteiger partial charge in [0.05, 0.1) is 11.0 Å². The first kappa shape index (κ1) is 14.2. The molecule has 0 aliphatic carbocycles. The Morgan fingerprint density at radius 1 is 1.32 bits per heavy atom. The molecule has 2 N–H and O–H groups in total. The molecule has 0 saturated carbocycles. The lowest BCUT2D eigenvalue weighted by atomic mass is 10.1. The van der Waals surface area contributed by atoms with Gasteiger partial charge in [-0.05, 0) is 31.5 Å². The second-order valence-electron chi connectivity index (χ2n) is 5.10. The number of benzene rings is 1. The number of nitrogens with zero attached hydrogens (tertiary/aromatic N) is 2. The molecule has 3 rings (SSSR count). The number of anilines is 1. The van der Waals surface area contributed by atoms with E-state index in [4.69, 9.17) is 0 Å². The van der Waals surface area contributed by atoms with Crippen molar-refractivity contribution >= 4 is 29.4 Å². The van der Waals surface area contributed by atoms with E-state index in [2.05, 4.69) is 33.3 Å². The number of imidazole rings is 1. The molecule has 1 atom stereocenters. The molecule has 1 fully saturated rings. The molecular formula is C14H21ClN4. The molecule has 1 saturated heterocycles. The number of hydrogen-bond donors (Lipinski definition) is 2. The lowest BCUT2D eigenvalue weighted by Gasteiger charge is -2.27. The third-order valence-corrected chi connectivity index (χ3v) is 3.65. The zero-order valence-electron chi connectivity index (χ0n) is 11.2. The first-order valence-electron chi connectivity index (χ1n) is 6.72. The van der Waals surface area contributed by atoms with Gasteiger partial charge in [0.2, 0.25) is 5.95 Å². The zero-order chi connectivity index (χ0) is 12.4. The van der Waals surface area contributed by atoms with E-state index in [1.54, 1.807) is 0 Å². The molecule has 0 radical (unpaired) electrons. The van der Waals surface area contributed by atoms with Gasteiger partial charge in [0.25, 0.3) is 0 Å². The first-order chi connectivity index (χ1) is 8.83. The highest BCUT2D eigenvalue weighted by atomic mass is 35.5. The molecule has 104 valence electrons. The van der Waals surface area contributed by atoms with Gasteiger partial charge in [-0.2, -0.15) is 0 Å². The normalized spacial score (nSPS) is 19.1. The molecule has 5 heteroatoms. The van der Waals surface area contributed by atoms with Gasteiger partial charge in [-0.15, -0.1) is 12.4 Å². The number of aromatic amines is 1. The third-order valence-electron chi connectivity index (χ3n) is 3.65. The number of likely N-dealkylation sites (N-methyl/N-ethyl adjacent to an activating group) is 1. The Morgan fingerprint density at radius 2 is 2.16 bits per heavy atom. The summed E-state index contributed by atoms with van der Waals surface area (Å²) in [6.45, 7) is 2.17. The molecule has 2 heterocycles. The van der Waals surface area contributed by atoms with Crippen LogP contribution in [0.1, 0.15) is 19.3 Å². The van der Waals surface area contributed by atoms with Crippen LogP contribution >= 0.6 is 12.4 Å². The Morgan fingerprint density at radius 3 is 2.89 bits per heavy atom. The Labute approximate surface area is 120 Å². The molecule has 19 heavy (non-hydrogen) atoms. The van der Waals surface area contributed by atoms with Gasteiger partial charge in [0.15, 0.2) is 0 Å². The van der Waals surface area contributed by atoms with Gasteiger partial charge in [0, 0.05) is 19.6 Å². The van der Waals surface area contributed by atoms with Crippen LogP contribution < -0.4 is 10.2 Å². The Hall–Kier alpha value is -1.26. The Kier molecular flexibility index (Phi) is 4.66. The maximum Gasteiger partial charge on any atom is 0.203 e. The first-order valence-corrected chi connectivity index (χ1v) is 6.72. The molecule has 2 aromatic rings. The third kappa shape index (κ3) is 3.19. The Balaban J connectivity index is 0.00000133. The van der Waals surface area contributed by atoms with E-state index in [9.17, 15) is 0 Å². The van der Waals surface area contributed by atoms with Gasteiger partial charge in [0.1, 0.15) is 0 Å². The second kappa shape index (κ2) is 6.26. The monoisotopic (exact) mass is 280 g/mol. The molecular weight excluding hydrogens is 260 g/mol. The molecule has 4 nitrogen and oxygen atoms in total. The summed E-state index contributed by atoms with van der Waals surface area (Å²) in [5.41, 5.74) is 2.15. The van der Waals surface area contributed by atoms with E-state index in [1.807, 2.05) is 18.2 Å². The van der Waals surface area contributed by atoms with Crippen LogP contribution in [0.3, 0.4) is 0 Å². The van der Waals surface area contributed by atoms with Gasteiger partial charge >= 0.3 is 0 Å². The summed E-state index contributed by atoms with van der Waals surface area (Å²) >= 11 is 0. The molecule has 1 aromatic carbocycles. The molecule has 1 unspecified atom stereocenters. The van der Waals surface area contributed by atoms with Crippen molar-refractivity contribution in [2.45, 2.75) is 25.3 Å². The summed E-state index contributed by atoms with van der Waals surface area (Å²) in [7, 11) is 2.11. The minimum absolute atomic E-state index is 0. The van der Waals surface area contributed by atoms with E-state index < -0.39 is 0 Å². The van der Waals surface area contributed by atoms with Crippen molar-refractivity contribution in [3.8, 4) is 0 Å². The largest absolute Gasteiger partial charge is 0.344 e. The van der Waals surface area contributed by atoms with Crippen LogP contribution in [0.2, 0.25) is 0 Å². The highest BCUT2D eigenvalue weighted by molar-refractivity contribution is 5.85. The average Bonchev–Trinajstić information content (AvgIpc) is 2.84. The highest BCUT2D eigenvalue weighted by Gasteiger charge is 2.16. The van der Waals surface area contributed by atoms with Crippen molar-refractivity contribution in [1.82, 2.24) is 15.3 Å². The van der Waals surface area contributed by atoms with Gasteiger partial charge in [-0.1, -0.05) is 18.6 Å². The molecule has 1 aliphatic rings. The van der Waals surface area contributed by atoms with Crippen LogP contribution in [0, 0.1) is 0 Å². The summed E-state index contributed by atoms with van der Waals surface area (Å²) in [5.74, 6) is 0.962. The molecule has 0 bridgehead atoms. The fourth-order valence-electron chi connectivity index (χ4n) is 2.62. The van der Waals surface area contributed by atoms with E-state index in [0.717, 1.165) is 30.1 Å². The van der Waals surface area contributed by atoms with Crippen molar-refractivity contribution < 1.29 is 0 Å². The predicted molar refractivity (Wildman–Crippen MR) is 82.3 cm³/mol. The average molecular weight is 281 g/mol. The van der Waals surface area contributed by atoms with E-state index in [0.29, 0.717) is 6.04 Å².